The van der Waals surface area contributed by atoms with Crippen LogP contribution in [0, 0.1) is 23.0 Å². The Labute approximate surface area is 122 Å². The van der Waals surface area contributed by atoms with Gasteiger partial charge in [0, 0.05) is 19.2 Å². The Hall–Kier alpha value is -1.71. The molecule has 0 aliphatic carbocycles. The van der Waals surface area contributed by atoms with Gasteiger partial charge in [-0.25, -0.2) is 13.1 Å². The fraction of sp³-hybridized carbons (Fsp3) is 0.500. The molecule has 1 fully saturated rings. The average Bonchev–Trinajstić information content (AvgIpc) is 2.88. The first-order valence-electron chi connectivity index (χ1n) is 6.43. The molecule has 1 aliphatic heterocycles. The SMILES string of the molecule is Cc1cc(N)c([N+](=O)[O-])cc1S(=O)(=O)NCC1CCOC1. The molecule has 1 aromatic rings. The fourth-order valence-electron chi connectivity index (χ4n) is 2.20. The zero-order valence-electron chi connectivity index (χ0n) is 11.5. The number of nitrogen functional groups attached to an aromatic ring is 1. The average molecular weight is 315 g/mol. The van der Waals surface area contributed by atoms with Crippen molar-refractivity contribution in [2.45, 2.75) is 18.2 Å². The predicted octanol–water partition coefficient (Wildman–Crippen LogP) is 0.800. The van der Waals surface area contributed by atoms with Gasteiger partial charge in [-0.3, -0.25) is 10.1 Å². The molecule has 0 aromatic heterocycles. The minimum atomic E-state index is -3.82. The van der Waals surface area contributed by atoms with E-state index in [0.717, 1.165) is 12.5 Å². The van der Waals surface area contributed by atoms with Crippen LogP contribution in [0.1, 0.15) is 12.0 Å². The molecule has 1 aliphatic rings. The Morgan fingerprint density at radius 3 is 2.81 bits per heavy atom. The van der Waals surface area contributed by atoms with Crippen molar-refractivity contribution in [2.24, 2.45) is 5.92 Å². The van der Waals surface area contributed by atoms with Gasteiger partial charge in [-0.15, -0.1) is 0 Å². The van der Waals surface area contributed by atoms with Gasteiger partial charge in [0.2, 0.25) is 10.0 Å². The minimum absolute atomic E-state index is 0.0550. The molecule has 2 rings (SSSR count). The van der Waals surface area contributed by atoms with Crippen molar-refractivity contribution >= 4 is 21.4 Å². The number of nitro groups is 1. The summed E-state index contributed by atoms with van der Waals surface area (Å²) in [6, 6.07) is 2.30. The highest BCUT2D eigenvalue weighted by Crippen LogP contribution is 2.28. The molecule has 1 aromatic carbocycles. The first kappa shape index (κ1) is 15.7. The number of aryl methyl sites for hydroxylation is 1. The number of nitrogens with one attached hydrogen (secondary N) is 1. The predicted molar refractivity (Wildman–Crippen MR) is 76.4 cm³/mol. The summed E-state index contributed by atoms with van der Waals surface area (Å²) >= 11 is 0. The molecule has 0 saturated carbocycles. The van der Waals surface area contributed by atoms with Crippen LogP contribution in [0.3, 0.4) is 0 Å². The Balaban J connectivity index is 2.26. The van der Waals surface area contributed by atoms with Crippen molar-refractivity contribution in [1.29, 1.82) is 0 Å². The lowest BCUT2D eigenvalue weighted by Gasteiger charge is -2.12. The molecule has 1 atom stereocenters. The standard InChI is InChI=1S/C12H17N3O5S/c1-8-4-10(13)11(15(16)17)5-12(8)21(18,19)14-6-9-2-3-20-7-9/h4-5,9,14H,2-3,6-7,13H2,1H3. The number of hydrogen-bond donors (Lipinski definition) is 2. The lowest BCUT2D eigenvalue weighted by atomic mass is 10.1. The Morgan fingerprint density at radius 1 is 1.52 bits per heavy atom. The molecule has 8 nitrogen and oxygen atoms in total. The first-order chi connectivity index (χ1) is 9.81. The summed E-state index contributed by atoms with van der Waals surface area (Å²) in [4.78, 5) is 10.1. The van der Waals surface area contributed by atoms with Crippen LogP contribution in [0.4, 0.5) is 11.4 Å². The van der Waals surface area contributed by atoms with E-state index in [-0.39, 0.29) is 23.0 Å². The number of nitrogens with two attached hydrogens (primary N) is 1. The number of anilines is 1. The van der Waals surface area contributed by atoms with Gasteiger partial charge in [-0.05, 0) is 30.9 Å². The van der Waals surface area contributed by atoms with Crippen LogP contribution >= 0.6 is 0 Å². The maximum atomic E-state index is 12.3. The number of nitrogens with zero attached hydrogens (tertiary/aromatic N) is 1. The van der Waals surface area contributed by atoms with Crippen LogP contribution in [0.25, 0.3) is 0 Å². The third kappa shape index (κ3) is 3.49. The van der Waals surface area contributed by atoms with Gasteiger partial charge in [0.15, 0.2) is 0 Å². The molecule has 0 amide bonds. The van der Waals surface area contributed by atoms with Gasteiger partial charge in [-0.1, -0.05) is 0 Å². The molecule has 0 bridgehead atoms. The molecule has 21 heavy (non-hydrogen) atoms. The summed E-state index contributed by atoms with van der Waals surface area (Å²) in [5.41, 5.74) is 5.44. The third-order valence-electron chi connectivity index (χ3n) is 3.40. The lowest BCUT2D eigenvalue weighted by molar-refractivity contribution is -0.384. The first-order valence-corrected chi connectivity index (χ1v) is 7.91. The Morgan fingerprint density at radius 2 is 2.24 bits per heavy atom. The van der Waals surface area contributed by atoms with Crippen molar-refractivity contribution in [3.05, 3.63) is 27.8 Å². The quantitative estimate of drug-likeness (QED) is 0.470. The van der Waals surface area contributed by atoms with Gasteiger partial charge >= 0.3 is 0 Å². The number of rotatable bonds is 5. The zero-order valence-corrected chi connectivity index (χ0v) is 12.4. The molecule has 1 unspecified atom stereocenters. The van der Waals surface area contributed by atoms with E-state index in [4.69, 9.17) is 10.5 Å². The van der Waals surface area contributed by atoms with E-state index in [9.17, 15) is 18.5 Å². The largest absolute Gasteiger partial charge is 0.393 e. The van der Waals surface area contributed by atoms with Gasteiger partial charge < -0.3 is 10.5 Å². The van der Waals surface area contributed by atoms with E-state index in [1.54, 1.807) is 6.92 Å². The smallest absolute Gasteiger partial charge is 0.293 e. The number of benzene rings is 1. The van der Waals surface area contributed by atoms with Gasteiger partial charge in [-0.2, -0.15) is 0 Å². The molecule has 1 heterocycles. The van der Waals surface area contributed by atoms with Crippen molar-refractivity contribution in [3.8, 4) is 0 Å². The number of ether oxygens (including phenoxy) is 1. The monoisotopic (exact) mass is 315 g/mol. The third-order valence-corrected chi connectivity index (χ3v) is 4.96. The summed E-state index contributed by atoms with van der Waals surface area (Å²) in [7, 11) is -3.82. The maximum absolute atomic E-state index is 12.3. The van der Waals surface area contributed by atoms with Crippen LogP contribution in [0.2, 0.25) is 0 Å². The summed E-state index contributed by atoms with van der Waals surface area (Å²) < 4.78 is 32.2. The van der Waals surface area contributed by atoms with E-state index < -0.39 is 20.6 Å². The summed E-state index contributed by atoms with van der Waals surface area (Å²) in [6.45, 7) is 2.94. The Bertz CT molecular complexity index is 653. The van der Waals surface area contributed by atoms with E-state index in [1.165, 1.54) is 6.07 Å². The molecule has 0 spiro atoms. The molecule has 116 valence electrons. The fourth-order valence-corrected chi connectivity index (χ4v) is 3.56. The lowest BCUT2D eigenvalue weighted by Crippen LogP contribution is -2.30. The van der Waals surface area contributed by atoms with Crippen molar-refractivity contribution in [2.75, 3.05) is 25.5 Å². The van der Waals surface area contributed by atoms with Crippen LogP contribution in [-0.2, 0) is 14.8 Å². The summed E-state index contributed by atoms with van der Waals surface area (Å²) in [5.74, 6) is 0.129. The van der Waals surface area contributed by atoms with Gasteiger partial charge in [0.05, 0.1) is 16.4 Å². The highest BCUT2D eigenvalue weighted by atomic mass is 32.2. The highest BCUT2D eigenvalue weighted by Gasteiger charge is 2.25. The highest BCUT2D eigenvalue weighted by molar-refractivity contribution is 7.89. The topological polar surface area (TPSA) is 125 Å². The number of hydrogen-bond acceptors (Lipinski definition) is 6. The zero-order chi connectivity index (χ0) is 15.6. The van der Waals surface area contributed by atoms with Crippen molar-refractivity contribution < 1.29 is 18.1 Å². The molecule has 0 radical (unpaired) electrons. The summed E-state index contributed by atoms with van der Waals surface area (Å²) in [6.07, 6.45) is 0.795. The number of nitro benzene ring substituents is 1. The second-order valence-electron chi connectivity index (χ2n) is 5.02. The van der Waals surface area contributed by atoms with E-state index >= 15 is 0 Å². The number of sulfonamides is 1. The van der Waals surface area contributed by atoms with Gasteiger partial charge in [0.25, 0.3) is 5.69 Å². The minimum Gasteiger partial charge on any atom is -0.393 e. The molecular weight excluding hydrogens is 298 g/mol. The van der Waals surface area contributed by atoms with Crippen molar-refractivity contribution in [1.82, 2.24) is 4.72 Å². The van der Waals surface area contributed by atoms with E-state index in [0.29, 0.717) is 18.8 Å². The van der Waals surface area contributed by atoms with Crippen LogP contribution in [0.5, 0.6) is 0 Å². The Kier molecular flexibility index (Phi) is 4.45. The molecular formula is C12H17N3O5S. The van der Waals surface area contributed by atoms with E-state index in [2.05, 4.69) is 4.72 Å². The van der Waals surface area contributed by atoms with Gasteiger partial charge in [0.1, 0.15) is 5.69 Å². The van der Waals surface area contributed by atoms with Crippen molar-refractivity contribution in [3.63, 3.8) is 0 Å². The van der Waals surface area contributed by atoms with Crippen LogP contribution < -0.4 is 10.5 Å². The van der Waals surface area contributed by atoms with E-state index in [1.807, 2.05) is 0 Å². The molecule has 3 N–H and O–H groups in total. The second-order valence-corrected chi connectivity index (χ2v) is 6.75. The normalized spacial score (nSPS) is 18.8. The maximum Gasteiger partial charge on any atom is 0.293 e. The van der Waals surface area contributed by atoms with Crippen LogP contribution in [-0.4, -0.2) is 33.1 Å². The molecule has 9 heteroatoms. The van der Waals surface area contributed by atoms with Crippen LogP contribution in [0.15, 0.2) is 17.0 Å². The second kappa shape index (κ2) is 5.96. The molecule has 1 saturated heterocycles. The summed E-state index contributed by atoms with van der Waals surface area (Å²) in [5, 5.41) is 10.9.